The molecule has 8 heteroatoms. The van der Waals surface area contributed by atoms with Crippen LogP contribution in [-0.4, -0.2) is 32.1 Å². The maximum absolute atomic E-state index is 11.7. The first kappa shape index (κ1) is 26.5. The molecule has 2 aromatic rings. The molecule has 0 heterocycles. The summed E-state index contributed by atoms with van der Waals surface area (Å²) in [7, 11) is 1.62. The van der Waals surface area contributed by atoms with Crippen molar-refractivity contribution in [2.75, 3.05) is 30.9 Å². The smallest absolute Gasteiger partial charge is 0.224 e. The molecule has 0 aliphatic rings. The molecule has 0 bridgehead atoms. The van der Waals surface area contributed by atoms with E-state index in [0.717, 1.165) is 29.9 Å². The second-order valence-electron chi connectivity index (χ2n) is 6.61. The summed E-state index contributed by atoms with van der Waals surface area (Å²) in [6.07, 6.45) is 1.36. The van der Waals surface area contributed by atoms with Crippen molar-refractivity contribution in [2.24, 2.45) is 4.99 Å². The highest BCUT2D eigenvalue weighted by Crippen LogP contribution is 2.30. The molecule has 7 nitrogen and oxygen atoms in total. The van der Waals surface area contributed by atoms with Crippen LogP contribution < -0.4 is 25.4 Å². The summed E-state index contributed by atoms with van der Waals surface area (Å²) in [5.74, 6) is 2.08. The summed E-state index contributed by atoms with van der Waals surface area (Å²) in [4.78, 5) is 16.3. The molecule has 0 radical (unpaired) electrons. The Kier molecular flexibility index (Phi) is 12.4. The molecule has 2 aromatic carbocycles. The van der Waals surface area contributed by atoms with Gasteiger partial charge in [0.1, 0.15) is 0 Å². The number of halogens is 1. The maximum atomic E-state index is 11.7. The molecule has 0 aliphatic carbocycles. The number of hydrogen-bond acceptors (Lipinski definition) is 4. The van der Waals surface area contributed by atoms with E-state index in [1.165, 1.54) is 0 Å². The number of aliphatic imine (C=N–C) groups is 1. The molecule has 170 valence electrons. The van der Waals surface area contributed by atoms with Crippen LogP contribution in [-0.2, 0) is 11.3 Å². The van der Waals surface area contributed by atoms with Gasteiger partial charge >= 0.3 is 0 Å². The zero-order valence-electron chi connectivity index (χ0n) is 18.7. The number of amides is 1. The SMILES string of the molecule is CCCC(=O)Nc1ccc(CN=C(NCC)Nc2ccc(OC)c(OCC)c2)cc1.I. The number of hydrogen-bond donors (Lipinski definition) is 3. The van der Waals surface area contributed by atoms with Crippen molar-refractivity contribution >= 4 is 47.2 Å². The Balaban J connectivity index is 0.00000480. The highest BCUT2D eigenvalue weighted by atomic mass is 127. The van der Waals surface area contributed by atoms with Crippen LogP contribution in [0.3, 0.4) is 0 Å². The lowest BCUT2D eigenvalue weighted by Gasteiger charge is -2.14. The predicted molar refractivity (Wildman–Crippen MR) is 138 cm³/mol. The Hall–Kier alpha value is -2.49. The summed E-state index contributed by atoms with van der Waals surface area (Å²) in [5.41, 5.74) is 2.70. The molecule has 0 atom stereocenters. The number of carbonyl (C=O) groups is 1. The topological polar surface area (TPSA) is 84.0 Å². The minimum atomic E-state index is 0. The van der Waals surface area contributed by atoms with Gasteiger partial charge in [-0.3, -0.25) is 4.79 Å². The quantitative estimate of drug-likeness (QED) is 0.224. The van der Waals surface area contributed by atoms with Crippen LogP contribution in [0.5, 0.6) is 11.5 Å². The molecule has 0 fully saturated rings. The molecule has 2 rings (SSSR count). The van der Waals surface area contributed by atoms with Gasteiger partial charge in [-0.25, -0.2) is 4.99 Å². The molecule has 31 heavy (non-hydrogen) atoms. The van der Waals surface area contributed by atoms with E-state index in [-0.39, 0.29) is 29.9 Å². The van der Waals surface area contributed by atoms with Crippen LogP contribution in [0.1, 0.15) is 39.2 Å². The fourth-order valence-corrected chi connectivity index (χ4v) is 2.78. The number of ether oxygens (including phenoxy) is 2. The van der Waals surface area contributed by atoms with Gasteiger partial charge in [0, 0.05) is 30.4 Å². The number of rotatable bonds is 10. The molecule has 0 saturated carbocycles. The standard InChI is InChI=1S/C23H32N4O3.HI/c1-5-8-22(28)26-18-11-9-17(10-12-18)16-25-23(24-6-2)27-19-13-14-20(29-4)21(15-19)30-7-3;/h9-15H,5-8,16H2,1-4H3,(H,26,28)(H2,24,25,27);1H. The van der Waals surface area contributed by atoms with Gasteiger partial charge in [-0.2, -0.15) is 0 Å². The van der Waals surface area contributed by atoms with E-state index in [4.69, 9.17) is 9.47 Å². The Bertz CT molecular complexity index is 841. The second-order valence-corrected chi connectivity index (χ2v) is 6.61. The molecule has 3 N–H and O–H groups in total. The summed E-state index contributed by atoms with van der Waals surface area (Å²) in [6.45, 7) is 7.75. The largest absolute Gasteiger partial charge is 0.493 e. The summed E-state index contributed by atoms with van der Waals surface area (Å²) in [6, 6.07) is 13.4. The van der Waals surface area contributed by atoms with Crippen molar-refractivity contribution in [3.05, 3.63) is 48.0 Å². The van der Waals surface area contributed by atoms with Gasteiger partial charge in [-0.15, -0.1) is 24.0 Å². The lowest BCUT2D eigenvalue weighted by Crippen LogP contribution is -2.30. The van der Waals surface area contributed by atoms with E-state index in [1.807, 2.05) is 63.2 Å². The van der Waals surface area contributed by atoms with E-state index in [1.54, 1.807) is 7.11 Å². The number of nitrogens with one attached hydrogen (secondary N) is 3. The number of benzene rings is 2. The van der Waals surface area contributed by atoms with Gasteiger partial charge in [0.05, 0.1) is 20.3 Å². The summed E-state index contributed by atoms with van der Waals surface area (Å²) >= 11 is 0. The molecular formula is C23H33IN4O3. The van der Waals surface area contributed by atoms with Crippen LogP contribution in [0.25, 0.3) is 0 Å². The average molecular weight is 540 g/mol. The number of anilines is 2. The minimum Gasteiger partial charge on any atom is -0.493 e. The first-order chi connectivity index (χ1) is 14.6. The second kappa shape index (κ2) is 14.5. The van der Waals surface area contributed by atoms with Gasteiger partial charge in [0.15, 0.2) is 17.5 Å². The first-order valence-corrected chi connectivity index (χ1v) is 10.3. The monoisotopic (exact) mass is 540 g/mol. The molecule has 0 saturated heterocycles. The van der Waals surface area contributed by atoms with Gasteiger partial charge < -0.3 is 25.4 Å². The molecule has 0 aromatic heterocycles. The van der Waals surface area contributed by atoms with E-state index in [2.05, 4.69) is 20.9 Å². The lowest BCUT2D eigenvalue weighted by atomic mass is 10.2. The third-order valence-electron chi connectivity index (χ3n) is 4.20. The molecule has 0 aliphatic heterocycles. The molecule has 0 spiro atoms. The fraction of sp³-hybridized carbons (Fsp3) is 0.391. The van der Waals surface area contributed by atoms with Crippen molar-refractivity contribution in [1.82, 2.24) is 5.32 Å². The predicted octanol–water partition coefficient (Wildman–Crippen LogP) is 5.03. The van der Waals surface area contributed by atoms with Crippen molar-refractivity contribution in [3.63, 3.8) is 0 Å². The molecule has 0 unspecified atom stereocenters. The van der Waals surface area contributed by atoms with Gasteiger partial charge in [0.25, 0.3) is 0 Å². The van der Waals surface area contributed by atoms with Gasteiger partial charge in [-0.1, -0.05) is 19.1 Å². The van der Waals surface area contributed by atoms with Crippen molar-refractivity contribution < 1.29 is 14.3 Å². The number of nitrogens with zero attached hydrogens (tertiary/aromatic N) is 1. The van der Waals surface area contributed by atoms with Crippen molar-refractivity contribution in [1.29, 1.82) is 0 Å². The number of carbonyl (C=O) groups excluding carboxylic acids is 1. The third-order valence-corrected chi connectivity index (χ3v) is 4.20. The van der Waals surface area contributed by atoms with Crippen LogP contribution >= 0.6 is 24.0 Å². The van der Waals surface area contributed by atoms with Crippen LogP contribution in [0.15, 0.2) is 47.5 Å². The Labute approximate surface area is 202 Å². The zero-order chi connectivity index (χ0) is 21.8. The van der Waals surface area contributed by atoms with Crippen molar-refractivity contribution in [2.45, 2.75) is 40.2 Å². The van der Waals surface area contributed by atoms with Crippen LogP contribution in [0, 0.1) is 0 Å². The van der Waals surface area contributed by atoms with E-state index < -0.39 is 0 Å². The third kappa shape index (κ3) is 9.04. The fourth-order valence-electron chi connectivity index (χ4n) is 2.78. The van der Waals surface area contributed by atoms with Gasteiger partial charge in [0.2, 0.25) is 5.91 Å². The normalized spacial score (nSPS) is 10.6. The van der Waals surface area contributed by atoms with E-state index in [0.29, 0.717) is 37.0 Å². The van der Waals surface area contributed by atoms with Crippen LogP contribution in [0.4, 0.5) is 11.4 Å². The Morgan fingerprint density at radius 1 is 0.968 bits per heavy atom. The van der Waals surface area contributed by atoms with E-state index in [9.17, 15) is 4.79 Å². The molecule has 1 amide bonds. The van der Waals surface area contributed by atoms with Crippen LogP contribution in [0.2, 0.25) is 0 Å². The Morgan fingerprint density at radius 2 is 1.68 bits per heavy atom. The summed E-state index contributed by atoms with van der Waals surface area (Å²) < 4.78 is 11.0. The minimum absolute atomic E-state index is 0. The van der Waals surface area contributed by atoms with Crippen molar-refractivity contribution in [3.8, 4) is 11.5 Å². The molecular weight excluding hydrogens is 507 g/mol. The number of guanidine groups is 1. The summed E-state index contributed by atoms with van der Waals surface area (Å²) in [5, 5.41) is 9.43. The lowest BCUT2D eigenvalue weighted by molar-refractivity contribution is -0.116. The van der Waals surface area contributed by atoms with Gasteiger partial charge in [-0.05, 0) is 50.1 Å². The zero-order valence-corrected chi connectivity index (χ0v) is 21.0. The number of methoxy groups -OCH3 is 1. The maximum Gasteiger partial charge on any atom is 0.224 e. The Morgan fingerprint density at radius 3 is 2.29 bits per heavy atom. The average Bonchev–Trinajstić information content (AvgIpc) is 2.74. The first-order valence-electron chi connectivity index (χ1n) is 10.3. The highest BCUT2D eigenvalue weighted by molar-refractivity contribution is 14.0. The van der Waals surface area contributed by atoms with E-state index >= 15 is 0 Å². The highest BCUT2D eigenvalue weighted by Gasteiger charge is 2.07.